The molecule has 0 amide bonds. The van der Waals surface area contributed by atoms with Crippen LogP contribution in [0.15, 0.2) is 10.9 Å². The SMILES string of the molecule is COCCn1nc(C)cc(CNC(C)C)c1=O. The molecule has 0 saturated heterocycles. The Morgan fingerprint density at radius 2 is 2.24 bits per heavy atom. The summed E-state index contributed by atoms with van der Waals surface area (Å²) < 4.78 is 6.43. The van der Waals surface area contributed by atoms with E-state index in [0.717, 1.165) is 11.3 Å². The molecule has 5 heteroatoms. The van der Waals surface area contributed by atoms with Gasteiger partial charge in [0, 0.05) is 25.3 Å². The highest BCUT2D eigenvalue weighted by atomic mass is 16.5. The van der Waals surface area contributed by atoms with Crippen LogP contribution in [0.1, 0.15) is 25.1 Å². The summed E-state index contributed by atoms with van der Waals surface area (Å²) >= 11 is 0. The van der Waals surface area contributed by atoms with Crippen molar-refractivity contribution in [2.45, 2.75) is 39.9 Å². The zero-order valence-corrected chi connectivity index (χ0v) is 11.0. The number of ether oxygens (including phenoxy) is 1. The van der Waals surface area contributed by atoms with Crippen molar-refractivity contribution < 1.29 is 4.74 Å². The Kier molecular flexibility index (Phi) is 5.31. The number of methoxy groups -OCH3 is 1. The molecular formula is C12H21N3O2. The normalized spacial score (nSPS) is 11.1. The van der Waals surface area contributed by atoms with E-state index in [0.29, 0.717) is 25.7 Å². The molecule has 0 atom stereocenters. The molecule has 1 N–H and O–H groups in total. The van der Waals surface area contributed by atoms with Gasteiger partial charge < -0.3 is 10.1 Å². The highest BCUT2D eigenvalue weighted by Gasteiger charge is 2.06. The Labute approximate surface area is 102 Å². The van der Waals surface area contributed by atoms with E-state index in [4.69, 9.17) is 4.74 Å². The van der Waals surface area contributed by atoms with Gasteiger partial charge >= 0.3 is 0 Å². The number of aryl methyl sites for hydroxylation is 1. The fourth-order valence-electron chi connectivity index (χ4n) is 1.51. The quantitative estimate of drug-likeness (QED) is 0.794. The van der Waals surface area contributed by atoms with E-state index in [1.807, 2.05) is 13.0 Å². The van der Waals surface area contributed by atoms with E-state index < -0.39 is 0 Å². The fourth-order valence-corrected chi connectivity index (χ4v) is 1.51. The molecule has 1 rings (SSSR count). The van der Waals surface area contributed by atoms with Gasteiger partial charge in [0.1, 0.15) is 0 Å². The average Bonchev–Trinajstić information content (AvgIpc) is 2.27. The van der Waals surface area contributed by atoms with Gasteiger partial charge in [-0.25, -0.2) is 4.68 Å². The lowest BCUT2D eigenvalue weighted by Gasteiger charge is -2.11. The lowest BCUT2D eigenvalue weighted by Crippen LogP contribution is -2.32. The van der Waals surface area contributed by atoms with Crippen LogP contribution in [-0.4, -0.2) is 29.5 Å². The summed E-state index contributed by atoms with van der Waals surface area (Å²) in [7, 11) is 1.61. The number of hydrogen-bond donors (Lipinski definition) is 1. The average molecular weight is 239 g/mol. The first-order chi connectivity index (χ1) is 8.04. The first-order valence-corrected chi connectivity index (χ1v) is 5.84. The van der Waals surface area contributed by atoms with Crippen LogP contribution in [0.2, 0.25) is 0 Å². The summed E-state index contributed by atoms with van der Waals surface area (Å²) in [6, 6.07) is 2.19. The Morgan fingerprint density at radius 3 is 2.82 bits per heavy atom. The minimum Gasteiger partial charge on any atom is -0.383 e. The van der Waals surface area contributed by atoms with Crippen LogP contribution in [0.5, 0.6) is 0 Å². The maximum absolute atomic E-state index is 12.0. The Bertz CT molecular complexity index is 413. The summed E-state index contributed by atoms with van der Waals surface area (Å²) in [6.07, 6.45) is 0. The molecular weight excluding hydrogens is 218 g/mol. The number of rotatable bonds is 6. The molecule has 0 bridgehead atoms. The number of nitrogens with zero attached hydrogens (tertiary/aromatic N) is 2. The third kappa shape index (κ3) is 4.28. The zero-order chi connectivity index (χ0) is 12.8. The highest BCUT2D eigenvalue weighted by molar-refractivity contribution is 5.12. The zero-order valence-electron chi connectivity index (χ0n) is 11.0. The van der Waals surface area contributed by atoms with E-state index >= 15 is 0 Å². The van der Waals surface area contributed by atoms with Gasteiger partial charge in [-0.05, 0) is 13.0 Å². The third-order valence-corrected chi connectivity index (χ3v) is 2.38. The molecule has 1 heterocycles. The first-order valence-electron chi connectivity index (χ1n) is 5.84. The molecule has 0 aliphatic carbocycles. The fraction of sp³-hybridized carbons (Fsp3) is 0.667. The van der Waals surface area contributed by atoms with Gasteiger partial charge in [0.25, 0.3) is 5.56 Å². The minimum atomic E-state index is -0.0409. The maximum atomic E-state index is 12.0. The van der Waals surface area contributed by atoms with Crippen LogP contribution in [0.3, 0.4) is 0 Å². The van der Waals surface area contributed by atoms with E-state index in [1.165, 1.54) is 4.68 Å². The number of aromatic nitrogens is 2. The Balaban J connectivity index is 2.89. The van der Waals surface area contributed by atoms with Crippen molar-refractivity contribution in [3.05, 3.63) is 27.7 Å². The second-order valence-electron chi connectivity index (χ2n) is 4.37. The van der Waals surface area contributed by atoms with E-state index in [1.54, 1.807) is 7.11 Å². The standard InChI is InChI=1S/C12H21N3O2/c1-9(2)13-8-11-7-10(3)14-15(12(11)16)5-6-17-4/h7,9,13H,5-6,8H2,1-4H3. The van der Waals surface area contributed by atoms with Gasteiger partial charge in [-0.3, -0.25) is 4.79 Å². The lowest BCUT2D eigenvalue weighted by atomic mass is 10.2. The van der Waals surface area contributed by atoms with Gasteiger partial charge in [0.15, 0.2) is 0 Å². The number of nitrogens with one attached hydrogen (secondary N) is 1. The van der Waals surface area contributed by atoms with Crippen LogP contribution in [0.25, 0.3) is 0 Å². The van der Waals surface area contributed by atoms with Crippen molar-refractivity contribution >= 4 is 0 Å². The Hall–Kier alpha value is -1.20. The van der Waals surface area contributed by atoms with Gasteiger partial charge in [-0.1, -0.05) is 13.8 Å². The molecule has 0 aromatic carbocycles. The van der Waals surface area contributed by atoms with Crippen molar-refractivity contribution in [1.82, 2.24) is 15.1 Å². The van der Waals surface area contributed by atoms with Crippen molar-refractivity contribution in [1.29, 1.82) is 0 Å². The van der Waals surface area contributed by atoms with E-state index in [9.17, 15) is 4.79 Å². The summed E-state index contributed by atoms with van der Waals surface area (Å²) in [5.41, 5.74) is 1.56. The molecule has 0 aliphatic heterocycles. The van der Waals surface area contributed by atoms with E-state index in [-0.39, 0.29) is 5.56 Å². The van der Waals surface area contributed by atoms with Crippen LogP contribution in [-0.2, 0) is 17.8 Å². The molecule has 17 heavy (non-hydrogen) atoms. The predicted molar refractivity (Wildman–Crippen MR) is 67.1 cm³/mol. The van der Waals surface area contributed by atoms with E-state index in [2.05, 4.69) is 24.3 Å². The van der Waals surface area contributed by atoms with Crippen molar-refractivity contribution in [3.63, 3.8) is 0 Å². The molecule has 5 nitrogen and oxygen atoms in total. The number of hydrogen-bond acceptors (Lipinski definition) is 4. The van der Waals surface area contributed by atoms with Crippen molar-refractivity contribution in [2.75, 3.05) is 13.7 Å². The molecule has 96 valence electrons. The molecule has 0 spiro atoms. The van der Waals surface area contributed by atoms with Gasteiger partial charge in [-0.2, -0.15) is 5.10 Å². The molecule has 0 unspecified atom stereocenters. The minimum absolute atomic E-state index is 0.0409. The monoisotopic (exact) mass is 239 g/mol. The van der Waals surface area contributed by atoms with Gasteiger partial charge in [0.2, 0.25) is 0 Å². The van der Waals surface area contributed by atoms with Crippen molar-refractivity contribution in [3.8, 4) is 0 Å². The molecule has 1 aromatic rings. The molecule has 0 fully saturated rings. The summed E-state index contributed by atoms with van der Waals surface area (Å²) in [5, 5.41) is 7.44. The molecule has 0 radical (unpaired) electrons. The molecule has 0 saturated carbocycles. The summed E-state index contributed by atoms with van der Waals surface area (Å²) in [4.78, 5) is 12.0. The third-order valence-electron chi connectivity index (χ3n) is 2.38. The van der Waals surface area contributed by atoms with Crippen LogP contribution in [0, 0.1) is 6.92 Å². The second-order valence-corrected chi connectivity index (χ2v) is 4.37. The topological polar surface area (TPSA) is 56.1 Å². The van der Waals surface area contributed by atoms with Crippen LogP contribution in [0.4, 0.5) is 0 Å². The van der Waals surface area contributed by atoms with Crippen LogP contribution < -0.4 is 10.9 Å². The maximum Gasteiger partial charge on any atom is 0.271 e. The molecule has 1 aromatic heterocycles. The first kappa shape index (κ1) is 13.9. The molecule has 0 aliphatic rings. The highest BCUT2D eigenvalue weighted by Crippen LogP contribution is 1.96. The Morgan fingerprint density at radius 1 is 1.53 bits per heavy atom. The largest absolute Gasteiger partial charge is 0.383 e. The van der Waals surface area contributed by atoms with Crippen molar-refractivity contribution in [2.24, 2.45) is 0 Å². The van der Waals surface area contributed by atoms with Gasteiger partial charge in [0.05, 0.1) is 18.8 Å². The van der Waals surface area contributed by atoms with Crippen LogP contribution >= 0.6 is 0 Å². The smallest absolute Gasteiger partial charge is 0.271 e. The van der Waals surface area contributed by atoms with Gasteiger partial charge in [-0.15, -0.1) is 0 Å². The second kappa shape index (κ2) is 6.51. The summed E-state index contributed by atoms with van der Waals surface area (Å²) in [6.45, 7) is 7.56. The predicted octanol–water partition coefficient (Wildman–Crippen LogP) is 0.696. The summed E-state index contributed by atoms with van der Waals surface area (Å²) in [5.74, 6) is 0. The lowest BCUT2D eigenvalue weighted by molar-refractivity contribution is 0.181.